The largest absolute Gasteiger partial charge is 0.352 e. The van der Waals surface area contributed by atoms with E-state index in [2.05, 4.69) is 36.4 Å². The zero-order chi connectivity index (χ0) is 16.7. The van der Waals surface area contributed by atoms with Crippen molar-refractivity contribution in [3.8, 4) is 0 Å². The van der Waals surface area contributed by atoms with E-state index >= 15 is 0 Å². The first-order chi connectivity index (χ1) is 11.0. The van der Waals surface area contributed by atoms with Crippen molar-refractivity contribution in [3.05, 3.63) is 52.6 Å². The lowest BCUT2D eigenvalue weighted by Crippen LogP contribution is -2.27. The van der Waals surface area contributed by atoms with Crippen LogP contribution in [-0.2, 0) is 0 Å². The number of carbonyl (C=O) groups is 1. The van der Waals surface area contributed by atoms with E-state index in [0.717, 1.165) is 23.1 Å². The average Bonchev–Trinajstić information content (AvgIpc) is 2.54. The predicted octanol–water partition coefficient (Wildman–Crippen LogP) is 3.27. The minimum atomic E-state index is -0.0913. The van der Waals surface area contributed by atoms with E-state index in [1.165, 1.54) is 0 Å². The maximum Gasteiger partial charge on any atom is 0.252 e. The Hall–Kier alpha value is -1.92. The predicted molar refractivity (Wildman–Crippen MR) is 97.2 cm³/mol. The minimum Gasteiger partial charge on any atom is -0.352 e. The fourth-order valence-corrected chi connectivity index (χ4v) is 2.25. The molecule has 0 saturated heterocycles. The molecule has 2 rings (SSSR count). The monoisotopic (exact) mass is 376 g/mol. The van der Waals surface area contributed by atoms with Gasteiger partial charge in [0.15, 0.2) is 0 Å². The van der Waals surface area contributed by atoms with Gasteiger partial charge in [-0.25, -0.2) is 4.98 Å². The van der Waals surface area contributed by atoms with E-state index < -0.39 is 0 Å². The summed E-state index contributed by atoms with van der Waals surface area (Å²) < 4.78 is 1.03. The van der Waals surface area contributed by atoms with E-state index in [9.17, 15) is 4.79 Å². The SMILES string of the molecule is CN(C)CCCNC(=O)c1ccc(Nc2ccc(Br)cc2)nc1. The lowest BCUT2D eigenvalue weighted by Gasteiger charge is -2.10. The number of rotatable bonds is 7. The Labute approximate surface area is 145 Å². The van der Waals surface area contributed by atoms with Crippen LogP contribution in [0.15, 0.2) is 47.1 Å². The van der Waals surface area contributed by atoms with Gasteiger partial charge in [0.05, 0.1) is 5.56 Å². The number of amides is 1. The summed E-state index contributed by atoms with van der Waals surface area (Å²) in [6.45, 7) is 1.62. The van der Waals surface area contributed by atoms with Gasteiger partial charge in [-0.15, -0.1) is 0 Å². The fourth-order valence-electron chi connectivity index (χ4n) is 1.98. The molecule has 0 saturated carbocycles. The molecule has 122 valence electrons. The van der Waals surface area contributed by atoms with E-state index in [4.69, 9.17) is 0 Å². The molecule has 5 nitrogen and oxygen atoms in total. The van der Waals surface area contributed by atoms with Gasteiger partial charge in [0, 0.05) is 22.9 Å². The normalized spacial score (nSPS) is 10.6. The van der Waals surface area contributed by atoms with Gasteiger partial charge in [-0.05, 0) is 63.5 Å². The van der Waals surface area contributed by atoms with Crippen molar-refractivity contribution in [3.63, 3.8) is 0 Å². The minimum absolute atomic E-state index is 0.0913. The standard InChI is InChI=1S/C17H21BrN4O/c1-22(2)11-3-10-19-17(23)13-4-9-16(20-12-13)21-15-7-5-14(18)6-8-15/h4-9,12H,3,10-11H2,1-2H3,(H,19,23)(H,20,21). The Bertz CT molecular complexity index is 626. The molecule has 2 N–H and O–H groups in total. The van der Waals surface area contributed by atoms with Gasteiger partial charge in [0.25, 0.3) is 5.91 Å². The second-order valence-corrected chi connectivity index (χ2v) is 6.39. The Morgan fingerprint density at radius 1 is 1.17 bits per heavy atom. The lowest BCUT2D eigenvalue weighted by atomic mass is 10.2. The number of carbonyl (C=O) groups excluding carboxylic acids is 1. The van der Waals surface area contributed by atoms with Crippen molar-refractivity contribution in [2.45, 2.75) is 6.42 Å². The molecule has 0 aliphatic heterocycles. The Kier molecular flexibility index (Phi) is 6.55. The van der Waals surface area contributed by atoms with Gasteiger partial charge in [-0.3, -0.25) is 4.79 Å². The van der Waals surface area contributed by atoms with Crippen molar-refractivity contribution >= 4 is 33.3 Å². The zero-order valence-corrected chi connectivity index (χ0v) is 14.9. The number of halogens is 1. The van der Waals surface area contributed by atoms with Gasteiger partial charge in [0.1, 0.15) is 5.82 Å². The molecule has 23 heavy (non-hydrogen) atoms. The highest BCUT2D eigenvalue weighted by Crippen LogP contribution is 2.18. The maximum absolute atomic E-state index is 12.0. The second kappa shape index (κ2) is 8.64. The molecule has 0 aliphatic rings. The molecule has 0 atom stereocenters. The van der Waals surface area contributed by atoms with Crippen LogP contribution in [0.25, 0.3) is 0 Å². The van der Waals surface area contributed by atoms with Gasteiger partial charge < -0.3 is 15.5 Å². The molecule has 1 heterocycles. The van der Waals surface area contributed by atoms with Gasteiger partial charge in [-0.1, -0.05) is 15.9 Å². The molecular weight excluding hydrogens is 356 g/mol. The van der Waals surface area contributed by atoms with Gasteiger partial charge in [-0.2, -0.15) is 0 Å². The molecule has 0 radical (unpaired) electrons. The molecular formula is C17H21BrN4O. The Balaban J connectivity index is 1.86. The highest BCUT2D eigenvalue weighted by atomic mass is 79.9. The van der Waals surface area contributed by atoms with Crippen molar-refractivity contribution in [2.75, 3.05) is 32.5 Å². The van der Waals surface area contributed by atoms with Crippen LogP contribution in [0.2, 0.25) is 0 Å². The number of pyridine rings is 1. The van der Waals surface area contributed by atoms with Crippen LogP contribution in [0.3, 0.4) is 0 Å². The summed E-state index contributed by atoms with van der Waals surface area (Å²) in [5.74, 6) is 0.614. The number of benzene rings is 1. The van der Waals surface area contributed by atoms with Gasteiger partial charge in [0.2, 0.25) is 0 Å². The molecule has 6 heteroatoms. The molecule has 0 unspecified atom stereocenters. The summed E-state index contributed by atoms with van der Waals surface area (Å²) in [4.78, 5) is 18.4. The second-order valence-electron chi connectivity index (χ2n) is 5.48. The van der Waals surface area contributed by atoms with Crippen LogP contribution < -0.4 is 10.6 Å². The fraction of sp³-hybridized carbons (Fsp3) is 0.294. The number of nitrogens with zero attached hydrogens (tertiary/aromatic N) is 2. The first-order valence-corrected chi connectivity index (χ1v) is 8.25. The molecule has 0 spiro atoms. The third-order valence-corrected chi connectivity index (χ3v) is 3.74. The summed E-state index contributed by atoms with van der Waals surface area (Å²) >= 11 is 3.40. The number of nitrogens with one attached hydrogen (secondary N) is 2. The summed E-state index contributed by atoms with van der Waals surface area (Å²) in [5.41, 5.74) is 1.51. The molecule has 0 fully saturated rings. The van der Waals surface area contributed by atoms with Crippen LogP contribution in [0, 0.1) is 0 Å². The highest BCUT2D eigenvalue weighted by molar-refractivity contribution is 9.10. The maximum atomic E-state index is 12.0. The third-order valence-electron chi connectivity index (χ3n) is 3.21. The molecule has 1 amide bonds. The first-order valence-electron chi connectivity index (χ1n) is 7.46. The first kappa shape index (κ1) is 17.4. The van der Waals surface area contributed by atoms with Crippen molar-refractivity contribution in [1.82, 2.24) is 15.2 Å². The van der Waals surface area contributed by atoms with Crippen LogP contribution in [0.4, 0.5) is 11.5 Å². The Morgan fingerprint density at radius 2 is 1.91 bits per heavy atom. The van der Waals surface area contributed by atoms with Crippen molar-refractivity contribution < 1.29 is 4.79 Å². The van der Waals surface area contributed by atoms with Crippen LogP contribution in [0.5, 0.6) is 0 Å². The molecule has 0 bridgehead atoms. The van der Waals surface area contributed by atoms with Crippen LogP contribution >= 0.6 is 15.9 Å². The Morgan fingerprint density at radius 3 is 2.52 bits per heavy atom. The van der Waals surface area contributed by atoms with E-state index in [0.29, 0.717) is 17.9 Å². The smallest absolute Gasteiger partial charge is 0.252 e. The average molecular weight is 377 g/mol. The molecule has 1 aromatic heterocycles. The van der Waals surface area contributed by atoms with E-state index in [-0.39, 0.29) is 5.91 Å². The van der Waals surface area contributed by atoms with Crippen LogP contribution in [-0.4, -0.2) is 43.0 Å². The van der Waals surface area contributed by atoms with Crippen molar-refractivity contribution in [2.24, 2.45) is 0 Å². The molecule has 0 aliphatic carbocycles. The van der Waals surface area contributed by atoms with Crippen molar-refractivity contribution in [1.29, 1.82) is 0 Å². The van der Waals surface area contributed by atoms with Gasteiger partial charge >= 0.3 is 0 Å². The number of hydrogen-bond acceptors (Lipinski definition) is 4. The zero-order valence-electron chi connectivity index (χ0n) is 13.3. The summed E-state index contributed by atoms with van der Waals surface area (Å²) in [7, 11) is 4.03. The number of anilines is 2. The quantitative estimate of drug-likeness (QED) is 0.728. The third kappa shape index (κ3) is 6.00. The number of hydrogen-bond donors (Lipinski definition) is 2. The molecule has 1 aromatic carbocycles. The summed E-state index contributed by atoms with van der Waals surface area (Å²) in [6.07, 6.45) is 2.51. The summed E-state index contributed by atoms with van der Waals surface area (Å²) in [6, 6.07) is 11.4. The van der Waals surface area contributed by atoms with Crippen LogP contribution in [0.1, 0.15) is 16.8 Å². The summed E-state index contributed by atoms with van der Waals surface area (Å²) in [5, 5.41) is 6.09. The van der Waals surface area contributed by atoms with E-state index in [1.54, 1.807) is 18.3 Å². The highest BCUT2D eigenvalue weighted by Gasteiger charge is 2.05. The lowest BCUT2D eigenvalue weighted by molar-refractivity contribution is 0.0952. The topological polar surface area (TPSA) is 57.3 Å². The molecule has 2 aromatic rings. The number of aromatic nitrogens is 1. The van der Waals surface area contributed by atoms with E-state index in [1.807, 2.05) is 38.4 Å².